The van der Waals surface area contributed by atoms with Crippen LogP contribution in [-0.4, -0.2) is 47.2 Å². The Morgan fingerprint density at radius 1 is 1.53 bits per heavy atom. The number of hydrogen-bond acceptors (Lipinski definition) is 3. The quantitative estimate of drug-likeness (QED) is 0.698. The Balaban J connectivity index is 2.75. The molecular weight excluding hydrogens is 192 g/mol. The number of rotatable bonds is 2. The van der Waals surface area contributed by atoms with Crippen molar-refractivity contribution < 1.29 is 9.90 Å². The summed E-state index contributed by atoms with van der Waals surface area (Å²) in [5.41, 5.74) is -0.128. The third-order valence-corrected chi connectivity index (χ3v) is 2.74. The number of carbonyl (C=O) groups excluding carboxylic acids is 1. The van der Waals surface area contributed by atoms with Crippen LogP contribution in [0, 0.1) is 0 Å². The highest BCUT2D eigenvalue weighted by Gasteiger charge is 2.32. The Bertz CT molecular complexity index is 223. The molecule has 0 aliphatic carbocycles. The van der Waals surface area contributed by atoms with Crippen molar-refractivity contribution in [1.82, 2.24) is 10.2 Å². The molecule has 1 fully saturated rings. The van der Waals surface area contributed by atoms with Gasteiger partial charge in [0.05, 0.1) is 6.04 Å². The molecule has 1 heterocycles. The summed E-state index contributed by atoms with van der Waals surface area (Å²) >= 11 is 0. The van der Waals surface area contributed by atoms with Crippen LogP contribution in [0.25, 0.3) is 0 Å². The zero-order valence-electron chi connectivity index (χ0n) is 9.92. The van der Waals surface area contributed by atoms with Crippen molar-refractivity contribution >= 4 is 5.91 Å². The molecule has 15 heavy (non-hydrogen) atoms. The third-order valence-electron chi connectivity index (χ3n) is 2.74. The first-order valence-corrected chi connectivity index (χ1v) is 5.62. The lowest BCUT2D eigenvalue weighted by Gasteiger charge is -2.36. The normalized spacial score (nSPS) is 24.1. The summed E-state index contributed by atoms with van der Waals surface area (Å²) in [6, 6.07) is -0.211. The molecule has 1 aliphatic rings. The molecule has 1 aliphatic heterocycles. The second kappa shape index (κ2) is 4.94. The van der Waals surface area contributed by atoms with E-state index in [2.05, 4.69) is 5.32 Å². The van der Waals surface area contributed by atoms with Gasteiger partial charge in [0.1, 0.15) is 0 Å². The molecule has 0 aromatic rings. The molecule has 2 N–H and O–H groups in total. The fourth-order valence-corrected chi connectivity index (χ4v) is 1.92. The van der Waals surface area contributed by atoms with Crippen molar-refractivity contribution in [2.24, 2.45) is 0 Å². The molecule has 88 valence electrons. The number of hydrogen-bond donors (Lipinski definition) is 2. The van der Waals surface area contributed by atoms with Crippen molar-refractivity contribution in [3.8, 4) is 0 Å². The monoisotopic (exact) mass is 214 g/mol. The van der Waals surface area contributed by atoms with Crippen molar-refractivity contribution in [2.45, 2.75) is 45.2 Å². The van der Waals surface area contributed by atoms with E-state index in [1.54, 1.807) is 0 Å². The SMILES string of the molecule is CC(C)(C)N1CCCNC(CCO)C1=O. The Morgan fingerprint density at radius 3 is 2.73 bits per heavy atom. The highest BCUT2D eigenvalue weighted by atomic mass is 16.3. The average Bonchev–Trinajstić information content (AvgIpc) is 2.29. The molecule has 1 saturated heterocycles. The van der Waals surface area contributed by atoms with E-state index < -0.39 is 0 Å². The number of carbonyl (C=O) groups is 1. The molecule has 0 radical (unpaired) electrons. The molecular formula is C11H22N2O2. The number of aliphatic hydroxyl groups excluding tert-OH is 1. The average molecular weight is 214 g/mol. The van der Waals surface area contributed by atoms with Crippen LogP contribution in [0.4, 0.5) is 0 Å². The van der Waals surface area contributed by atoms with Crippen molar-refractivity contribution in [3.63, 3.8) is 0 Å². The summed E-state index contributed by atoms with van der Waals surface area (Å²) in [6.07, 6.45) is 1.48. The molecule has 4 nitrogen and oxygen atoms in total. The molecule has 1 amide bonds. The van der Waals surface area contributed by atoms with E-state index in [9.17, 15) is 4.79 Å². The summed E-state index contributed by atoms with van der Waals surface area (Å²) in [5, 5.41) is 12.1. The maximum atomic E-state index is 12.1. The predicted octanol–water partition coefficient (Wildman–Crippen LogP) is 0.358. The Morgan fingerprint density at radius 2 is 2.20 bits per heavy atom. The lowest BCUT2D eigenvalue weighted by molar-refractivity contribution is -0.137. The largest absolute Gasteiger partial charge is 0.396 e. The maximum absolute atomic E-state index is 12.1. The summed E-state index contributed by atoms with van der Waals surface area (Å²) in [7, 11) is 0. The van der Waals surface area contributed by atoms with Crippen LogP contribution in [0.3, 0.4) is 0 Å². The van der Waals surface area contributed by atoms with Gasteiger partial charge in [-0.25, -0.2) is 0 Å². The minimum Gasteiger partial charge on any atom is -0.396 e. The number of nitrogens with one attached hydrogen (secondary N) is 1. The van der Waals surface area contributed by atoms with Gasteiger partial charge in [-0.05, 0) is 40.2 Å². The van der Waals surface area contributed by atoms with Crippen LogP contribution in [0.5, 0.6) is 0 Å². The fraction of sp³-hybridized carbons (Fsp3) is 0.909. The zero-order valence-corrected chi connectivity index (χ0v) is 9.92. The molecule has 4 heteroatoms. The van der Waals surface area contributed by atoms with Gasteiger partial charge in [-0.1, -0.05) is 0 Å². The number of nitrogens with zero attached hydrogens (tertiary/aromatic N) is 1. The third kappa shape index (κ3) is 3.18. The van der Waals surface area contributed by atoms with E-state index in [0.717, 1.165) is 19.5 Å². The lowest BCUT2D eigenvalue weighted by atomic mass is 10.0. The van der Waals surface area contributed by atoms with Gasteiger partial charge < -0.3 is 15.3 Å². The van der Waals surface area contributed by atoms with Crippen molar-refractivity contribution in [3.05, 3.63) is 0 Å². The van der Waals surface area contributed by atoms with Crippen LogP contribution in [-0.2, 0) is 4.79 Å². The van der Waals surface area contributed by atoms with E-state index in [-0.39, 0.29) is 24.1 Å². The standard InChI is InChI=1S/C11H22N2O2/c1-11(2,3)13-7-4-6-12-9(5-8-14)10(13)15/h9,12,14H,4-8H2,1-3H3. The maximum Gasteiger partial charge on any atom is 0.240 e. The van der Waals surface area contributed by atoms with Crippen LogP contribution >= 0.6 is 0 Å². The second-order valence-corrected chi connectivity index (χ2v) is 5.03. The van der Waals surface area contributed by atoms with Gasteiger partial charge in [0, 0.05) is 18.7 Å². The lowest BCUT2D eigenvalue weighted by Crippen LogP contribution is -2.51. The van der Waals surface area contributed by atoms with E-state index >= 15 is 0 Å². The van der Waals surface area contributed by atoms with Crippen molar-refractivity contribution in [2.75, 3.05) is 19.7 Å². The van der Waals surface area contributed by atoms with Gasteiger partial charge in [-0.15, -0.1) is 0 Å². The van der Waals surface area contributed by atoms with Gasteiger partial charge in [0.25, 0.3) is 0 Å². The minimum atomic E-state index is -0.211. The molecule has 0 saturated carbocycles. The Hall–Kier alpha value is -0.610. The Labute approximate surface area is 91.6 Å². The minimum absolute atomic E-state index is 0.0569. The molecule has 1 atom stereocenters. The van der Waals surface area contributed by atoms with E-state index in [1.165, 1.54) is 0 Å². The first-order valence-electron chi connectivity index (χ1n) is 5.62. The fourth-order valence-electron chi connectivity index (χ4n) is 1.92. The summed E-state index contributed by atoms with van der Waals surface area (Å²) in [6.45, 7) is 7.85. The predicted molar refractivity (Wildman–Crippen MR) is 59.6 cm³/mol. The first kappa shape index (κ1) is 12.5. The van der Waals surface area contributed by atoms with Gasteiger partial charge in [0.2, 0.25) is 5.91 Å². The Kier molecular flexibility index (Phi) is 4.11. The van der Waals surface area contributed by atoms with Crippen molar-refractivity contribution in [1.29, 1.82) is 0 Å². The van der Waals surface area contributed by atoms with Gasteiger partial charge in [-0.2, -0.15) is 0 Å². The first-order chi connectivity index (χ1) is 6.96. The molecule has 0 spiro atoms. The van der Waals surface area contributed by atoms with Gasteiger partial charge >= 0.3 is 0 Å². The zero-order chi connectivity index (χ0) is 11.5. The number of aliphatic hydroxyl groups is 1. The van der Waals surface area contributed by atoms with E-state index in [4.69, 9.17) is 5.11 Å². The topological polar surface area (TPSA) is 52.6 Å². The molecule has 1 unspecified atom stereocenters. The van der Waals surface area contributed by atoms with Crippen LogP contribution in [0.15, 0.2) is 0 Å². The van der Waals surface area contributed by atoms with Crippen LogP contribution in [0.1, 0.15) is 33.6 Å². The smallest absolute Gasteiger partial charge is 0.240 e. The molecule has 0 bridgehead atoms. The molecule has 1 rings (SSSR count). The van der Waals surface area contributed by atoms with E-state index in [1.807, 2.05) is 25.7 Å². The van der Waals surface area contributed by atoms with E-state index in [0.29, 0.717) is 6.42 Å². The van der Waals surface area contributed by atoms with Gasteiger partial charge in [-0.3, -0.25) is 4.79 Å². The molecule has 0 aromatic carbocycles. The van der Waals surface area contributed by atoms with Crippen LogP contribution < -0.4 is 5.32 Å². The summed E-state index contributed by atoms with van der Waals surface area (Å²) < 4.78 is 0. The van der Waals surface area contributed by atoms with Gasteiger partial charge in [0.15, 0.2) is 0 Å². The second-order valence-electron chi connectivity index (χ2n) is 5.03. The van der Waals surface area contributed by atoms with Crippen LogP contribution in [0.2, 0.25) is 0 Å². The summed E-state index contributed by atoms with van der Waals surface area (Å²) in [4.78, 5) is 14.0. The highest BCUT2D eigenvalue weighted by molar-refractivity contribution is 5.82. The summed E-state index contributed by atoms with van der Waals surface area (Å²) in [5.74, 6) is 0.119. The number of amides is 1. The highest BCUT2D eigenvalue weighted by Crippen LogP contribution is 2.17. The molecule has 0 aromatic heterocycles.